The van der Waals surface area contributed by atoms with Crippen LogP contribution in [-0.4, -0.2) is 14.3 Å². The molecule has 0 saturated carbocycles. The highest BCUT2D eigenvalue weighted by Crippen LogP contribution is 2.22. The zero-order valence-electron chi connectivity index (χ0n) is 10.7. The van der Waals surface area contributed by atoms with Gasteiger partial charge in [-0.2, -0.15) is 8.42 Å². The van der Waals surface area contributed by atoms with Crippen LogP contribution in [0.4, 0.5) is 9.57 Å². The van der Waals surface area contributed by atoms with E-state index in [-0.39, 0.29) is 12.1 Å². The highest BCUT2D eigenvalue weighted by molar-refractivity contribution is 9.10. The van der Waals surface area contributed by atoms with Crippen molar-refractivity contribution in [2.45, 2.75) is 11.3 Å². The summed E-state index contributed by atoms with van der Waals surface area (Å²) in [6, 6.07) is 12.5. The molecule has 21 heavy (non-hydrogen) atoms. The smallest absolute Gasteiger partial charge is 0.325 e. The Hall–Kier alpha value is -1.73. The van der Waals surface area contributed by atoms with Gasteiger partial charge in [0.1, 0.15) is 4.90 Å². The second-order valence-corrected chi connectivity index (χ2v) is 6.52. The van der Waals surface area contributed by atoms with Crippen LogP contribution < -0.4 is 5.32 Å². The number of carbonyl (C=O) groups is 1. The summed E-state index contributed by atoms with van der Waals surface area (Å²) in [6.07, 6.45) is 0.0634. The fourth-order valence-corrected chi connectivity index (χ4v) is 2.65. The maximum absolute atomic E-state index is 13.1. The Morgan fingerprint density at radius 1 is 1.10 bits per heavy atom. The fraction of sp³-hybridized carbons (Fsp3) is 0.0714. The Morgan fingerprint density at radius 3 is 2.33 bits per heavy atom. The Labute approximate surface area is 130 Å². The van der Waals surface area contributed by atoms with Gasteiger partial charge in [0.2, 0.25) is 5.91 Å². The van der Waals surface area contributed by atoms with Crippen LogP contribution in [0.3, 0.4) is 0 Å². The minimum atomic E-state index is -4.88. The van der Waals surface area contributed by atoms with Gasteiger partial charge in [-0.25, -0.2) is 0 Å². The number of hydrogen-bond acceptors (Lipinski definition) is 3. The third-order valence-electron chi connectivity index (χ3n) is 2.70. The van der Waals surface area contributed by atoms with E-state index in [9.17, 15) is 17.1 Å². The maximum Gasteiger partial charge on any atom is 0.334 e. The summed E-state index contributed by atoms with van der Waals surface area (Å²) < 4.78 is 36.0. The molecule has 0 bridgehead atoms. The number of carbonyl (C=O) groups excluding carboxylic acids is 1. The van der Waals surface area contributed by atoms with Crippen molar-refractivity contribution in [1.29, 1.82) is 0 Å². The second kappa shape index (κ2) is 6.36. The van der Waals surface area contributed by atoms with Gasteiger partial charge in [0.25, 0.3) is 0 Å². The van der Waals surface area contributed by atoms with Crippen LogP contribution in [0.5, 0.6) is 0 Å². The van der Waals surface area contributed by atoms with Gasteiger partial charge in [-0.15, -0.1) is 3.89 Å². The van der Waals surface area contributed by atoms with Gasteiger partial charge in [0.15, 0.2) is 0 Å². The van der Waals surface area contributed by atoms with Crippen molar-refractivity contribution in [2.75, 3.05) is 5.32 Å². The van der Waals surface area contributed by atoms with Gasteiger partial charge >= 0.3 is 10.2 Å². The number of anilines is 1. The molecule has 0 unspecified atom stereocenters. The molecular formula is C14H11BrFNO3S. The Kier molecular flexibility index (Phi) is 4.74. The molecule has 4 nitrogen and oxygen atoms in total. The van der Waals surface area contributed by atoms with Crippen LogP contribution in [0.1, 0.15) is 5.56 Å². The number of para-hydroxylation sites is 1. The van der Waals surface area contributed by atoms with E-state index in [0.29, 0.717) is 0 Å². The molecule has 2 aromatic carbocycles. The number of benzene rings is 2. The molecule has 0 radical (unpaired) electrons. The first-order chi connectivity index (χ1) is 9.86. The third-order valence-corrected chi connectivity index (χ3v) is 4.11. The lowest BCUT2D eigenvalue weighted by Gasteiger charge is -2.08. The predicted molar refractivity (Wildman–Crippen MR) is 81.2 cm³/mol. The molecule has 0 saturated heterocycles. The van der Waals surface area contributed by atoms with Crippen molar-refractivity contribution in [2.24, 2.45) is 0 Å². The van der Waals surface area contributed by atoms with E-state index in [1.165, 1.54) is 18.2 Å². The van der Waals surface area contributed by atoms with Gasteiger partial charge in [0.05, 0.1) is 12.1 Å². The molecular weight excluding hydrogens is 361 g/mol. The molecule has 110 valence electrons. The lowest BCUT2D eigenvalue weighted by molar-refractivity contribution is -0.115. The average molecular weight is 372 g/mol. The fourth-order valence-electron chi connectivity index (χ4n) is 1.76. The molecule has 7 heteroatoms. The monoisotopic (exact) mass is 371 g/mol. The van der Waals surface area contributed by atoms with E-state index >= 15 is 0 Å². The number of nitrogens with one attached hydrogen (secondary N) is 1. The molecule has 0 aliphatic rings. The van der Waals surface area contributed by atoms with E-state index in [4.69, 9.17) is 0 Å². The zero-order chi connectivity index (χ0) is 15.5. The molecule has 1 N–H and O–H groups in total. The SMILES string of the molecule is O=C(Cc1ccc(Br)cc1)Nc1ccccc1S(=O)(=O)F. The van der Waals surface area contributed by atoms with Gasteiger partial charge in [-0.3, -0.25) is 4.79 Å². The summed E-state index contributed by atoms with van der Waals surface area (Å²) >= 11 is 3.29. The molecule has 0 aromatic heterocycles. The third kappa shape index (κ3) is 4.37. The van der Waals surface area contributed by atoms with Gasteiger partial charge in [-0.1, -0.05) is 40.2 Å². The van der Waals surface area contributed by atoms with E-state index in [1.807, 2.05) is 0 Å². The summed E-state index contributed by atoms with van der Waals surface area (Å²) in [4.78, 5) is 11.4. The van der Waals surface area contributed by atoms with Crippen LogP contribution >= 0.6 is 15.9 Å². The van der Waals surface area contributed by atoms with E-state index in [2.05, 4.69) is 21.2 Å². The van der Waals surface area contributed by atoms with Crippen molar-refractivity contribution < 1.29 is 17.1 Å². The summed E-state index contributed by atoms with van der Waals surface area (Å²) in [5.41, 5.74) is 0.693. The molecule has 1 amide bonds. The first-order valence-corrected chi connectivity index (χ1v) is 8.12. The number of amides is 1. The van der Waals surface area contributed by atoms with Crippen molar-refractivity contribution in [3.8, 4) is 0 Å². The summed E-state index contributed by atoms with van der Waals surface area (Å²) in [7, 11) is -4.88. The molecule has 0 spiro atoms. The van der Waals surface area contributed by atoms with Crippen molar-refractivity contribution in [3.63, 3.8) is 0 Å². The van der Waals surface area contributed by atoms with Crippen LogP contribution in [0, 0.1) is 0 Å². The zero-order valence-corrected chi connectivity index (χ0v) is 13.1. The molecule has 2 aromatic rings. The minimum absolute atomic E-state index is 0.0634. The van der Waals surface area contributed by atoms with Gasteiger partial charge < -0.3 is 5.32 Å². The minimum Gasteiger partial charge on any atom is -0.325 e. The van der Waals surface area contributed by atoms with E-state index < -0.39 is 21.0 Å². The number of halogens is 2. The van der Waals surface area contributed by atoms with E-state index in [0.717, 1.165) is 16.1 Å². The molecule has 0 fully saturated rings. The topological polar surface area (TPSA) is 63.2 Å². The Bertz CT molecular complexity index is 760. The number of rotatable bonds is 4. The van der Waals surface area contributed by atoms with Crippen molar-refractivity contribution in [1.82, 2.24) is 0 Å². The van der Waals surface area contributed by atoms with Gasteiger partial charge in [0, 0.05) is 4.47 Å². The number of hydrogen-bond donors (Lipinski definition) is 1. The van der Waals surface area contributed by atoms with Crippen LogP contribution in [-0.2, 0) is 21.4 Å². The highest BCUT2D eigenvalue weighted by Gasteiger charge is 2.18. The lowest BCUT2D eigenvalue weighted by Crippen LogP contribution is -2.16. The first-order valence-electron chi connectivity index (χ1n) is 5.94. The largest absolute Gasteiger partial charge is 0.334 e. The summed E-state index contributed by atoms with van der Waals surface area (Å²) in [5, 5.41) is 2.41. The maximum atomic E-state index is 13.1. The quantitative estimate of drug-likeness (QED) is 0.838. The van der Waals surface area contributed by atoms with Crippen LogP contribution in [0.15, 0.2) is 57.9 Å². The molecule has 0 heterocycles. The summed E-state index contributed by atoms with van der Waals surface area (Å²) in [6.45, 7) is 0. The predicted octanol–water partition coefficient (Wildman–Crippen LogP) is 3.29. The highest BCUT2D eigenvalue weighted by atomic mass is 79.9. The second-order valence-electron chi connectivity index (χ2n) is 4.29. The average Bonchev–Trinajstić information content (AvgIpc) is 2.41. The normalized spacial score (nSPS) is 11.1. The molecule has 0 aliphatic heterocycles. The van der Waals surface area contributed by atoms with Crippen LogP contribution in [0.25, 0.3) is 0 Å². The Balaban J connectivity index is 2.15. The van der Waals surface area contributed by atoms with E-state index in [1.54, 1.807) is 24.3 Å². The molecule has 2 rings (SSSR count). The molecule has 0 atom stereocenters. The van der Waals surface area contributed by atoms with Crippen LogP contribution in [0.2, 0.25) is 0 Å². The van der Waals surface area contributed by atoms with Crippen molar-refractivity contribution >= 4 is 37.7 Å². The summed E-state index contributed by atoms with van der Waals surface area (Å²) in [5.74, 6) is -0.423. The Morgan fingerprint density at radius 2 is 1.71 bits per heavy atom. The lowest BCUT2D eigenvalue weighted by atomic mass is 10.1. The van der Waals surface area contributed by atoms with Crippen molar-refractivity contribution in [3.05, 3.63) is 58.6 Å². The molecule has 0 aliphatic carbocycles. The van der Waals surface area contributed by atoms with Gasteiger partial charge in [-0.05, 0) is 29.8 Å². The standard InChI is InChI=1S/C14H11BrFNO3S/c15-11-7-5-10(6-8-11)9-14(18)17-12-3-1-2-4-13(12)21(16,19)20/h1-8H,9H2,(H,17,18). The first kappa shape index (κ1) is 15.7.